The van der Waals surface area contributed by atoms with Crippen LogP contribution >= 0.6 is 0 Å². The second-order valence-corrected chi connectivity index (χ2v) is 7.02. The van der Waals surface area contributed by atoms with Crippen molar-refractivity contribution in [3.63, 3.8) is 0 Å². The van der Waals surface area contributed by atoms with Gasteiger partial charge in [-0.2, -0.15) is 0 Å². The summed E-state index contributed by atoms with van der Waals surface area (Å²) >= 11 is 0. The number of likely N-dealkylation sites (tertiary alicyclic amines) is 1. The molecule has 0 spiro atoms. The number of rotatable bonds is 5. The second-order valence-electron chi connectivity index (χ2n) is 7.02. The van der Waals surface area contributed by atoms with Crippen LogP contribution < -0.4 is 5.32 Å². The highest BCUT2D eigenvalue weighted by Gasteiger charge is 2.33. The molecule has 24 heavy (non-hydrogen) atoms. The number of carbonyl (C=O) groups excluding carboxylic acids is 1. The molecule has 2 saturated heterocycles. The molecule has 1 unspecified atom stereocenters. The average molecular weight is 333 g/mol. The minimum Gasteiger partial charge on any atom is -0.313 e. The smallest absolute Gasteiger partial charge is 0.148 e. The van der Waals surface area contributed by atoms with Gasteiger partial charge in [-0.05, 0) is 57.0 Å². The maximum Gasteiger partial charge on any atom is 0.148 e. The van der Waals surface area contributed by atoms with Crippen LogP contribution in [0.25, 0.3) is 0 Å². The van der Waals surface area contributed by atoms with E-state index in [0.29, 0.717) is 6.04 Å². The molecule has 2 fully saturated rings. The predicted molar refractivity (Wildman–Crippen MR) is 93.6 cm³/mol. The molecule has 1 aromatic rings. The van der Waals surface area contributed by atoms with Crippen molar-refractivity contribution in [3.8, 4) is 0 Å². The lowest BCUT2D eigenvalue weighted by molar-refractivity contribution is -0.124. The van der Waals surface area contributed by atoms with Gasteiger partial charge in [-0.3, -0.25) is 9.69 Å². The van der Waals surface area contributed by atoms with E-state index in [-0.39, 0.29) is 17.6 Å². The fraction of sp³-hybridized carbons (Fsp3) is 0.632. The van der Waals surface area contributed by atoms with Crippen molar-refractivity contribution in [1.29, 1.82) is 0 Å². The number of hydrogen-bond acceptors (Lipinski definition) is 4. The SMILES string of the molecule is CC(=O)C1CNCCN1C1CCN(CCc2ccc(F)cc2)CC1. The zero-order valence-corrected chi connectivity index (χ0v) is 14.5. The van der Waals surface area contributed by atoms with Gasteiger partial charge in [0, 0.05) is 32.2 Å². The van der Waals surface area contributed by atoms with Crippen molar-refractivity contribution in [1.82, 2.24) is 15.1 Å². The van der Waals surface area contributed by atoms with E-state index in [0.717, 1.165) is 58.5 Å². The minimum absolute atomic E-state index is 0.0505. The maximum atomic E-state index is 12.9. The normalized spacial score (nSPS) is 24.2. The van der Waals surface area contributed by atoms with Crippen LogP contribution in [0.15, 0.2) is 24.3 Å². The van der Waals surface area contributed by atoms with Gasteiger partial charge in [0.25, 0.3) is 0 Å². The van der Waals surface area contributed by atoms with Gasteiger partial charge < -0.3 is 10.2 Å². The standard InChI is InChI=1S/C19H28FN3O/c1-15(24)19-14-21-9-13-23(19)18-7-11-22(12-8-18)10-6-16-2-4-17(20)5-3-16/h2-5,18-19,21H,6-14H2,1H3. The van der Waals surface area contributed by atoms with Crippen LogP contribution in [-0.4, -0.2) is 66.9 Å². The molecule has 1 N–H and O–H groups in total. The number of nitrogens with one attached hydrogen (secondary N) is 1. The van der Waals surface area contributed by atoms with E-state index in [4.69, 9.17) is 0 Å². The third-order valence-corrected chi connectivity index (χ3v) is 5.41. The van der Waals surface area contributed by atoms with E-state index in [1.807, 2.05) is 12.1 Å². The summed E-state index contributed by atoms with van der Waals surface area (Å²) < 4.78 is 12.9. The summed E-state index contributed by atoms with van der Waals surface area (Å²) in [5.41, 5.74) is 1.19. The first-order valence-electron chi connectivity index (χ1n) is 9.07. The summed E-state index contributed by atoms with van der Waals surface area (Å²) in [6, 6.07) is 7.40. The third-order valence-electron chi connectivity index (χ3n) is 5.41. The predicted octanol–water partition coefficient (Wildman–Crippen LogP) is 1.70. The molecule has 2 aliphatic rings. The van der Waals surface area contributed by atoms with Crippen molar-refractivity contribution in [3.05, 3.63) is 35.6 Å². The molecule has 2 aliphatic heterocycles. The number of nitrogens with zero attached hydrogens (tertiary/aromatic N) is 2. The Kier molecular flexibility index (Phi) is 5.98. The molecular formula is C19H28FN3O. The van der Waals surface area contributed by atoms with Crippen molar-refractivity contribution in [2.24, 2.45) is 0 Å². The zero-order valence-electron chi connectivity index (χ0n) is 14.5. The molecular weight excluding hydrogens is 305 g/mol. The molecule has 0 aromatic heterocycles. The molecule has 5 heteroatoms. The third kappa shape index (κ3) is 4.41. The van der Waals surface area contributed by atoms with Gasteiger partial charge >= 0.3 is 0 Å². The summed E-state index contributed by atoms with van der Waals surface area (Å²) in [5.74, 6) is 0.108. The molecule has 4 nitrogen and oxygen atoms in total. The first-order valence-corrected chi connectivity index (χ1v) is 9.07. The minimum atomic E-state index is -0.171. The topological polar surface area (TPSA) is 35.6 Å². The van der Waals surface area contributed by atoms with Gasteiger partial charge in [-0.25, -0.2) is 4.39 Å². The molecule has 3 rings (SSSR count). The number of ketones is 1. The number of piperidine rings is 1. The van der Waals surface area contributed by atoms with E-state index in [1.165, 1.54) is 17.7 Å². The number of halogens is 1. The number of benzene rings is 1. The van der Waals surface area contributed by atoms with Gasteiger partial charge in [0.2, 0.25) is 0 Å². The Balaban J connectivity index is 1.46. The van der Waals surface area contributed by atoms with Crippen LogP contribution in [0, 0.1) is 5.82 Å². The first kappa shape index (κ1) is 17.5. The van der Waals surface area contributed by atoms with Crippen molar-refractivity contribution in [2.45, 2.75) is 38.3 Å². The van der Waals surface area contributed by atoms with Gasteiger partial charge in [-0.1, -0.05) is 12.1 Å². The van der Waals surface area contributed by atoms with Crippen LogP contribution in [0.2, 0.25) is 0 Å². The quantitative estimate of drug-likeness (QED) is 0.890. The first-order chi connectivity index (χ1) is 11.6. The number of hydrogen-bond donors (Lipinski definition) is 1. The molecule has 0 aliphatic carbocycles. The molecule has 0 amide bonds. The maximum absolute atomic E-state index is 12.9. The largest absolute Gasteiger partial charge is 0.313 e. The Morgan fingerprint density at radius 2 is 1.92 bits per heavy atom. The van der Waals surface area contributed by atoms with Crippen LogP contribution in [0.3, 0.4) is 0 Å². The Bertz CT molecular complexity index is 540. The van der Waals surface area contributed by atoms with Crippen molar-refractivity contribution in [2.75, 3.05) is 39.3 Å². The lowest BCUT2D eigenvalue weighted by Gasteiger charge is -2.44. The molecule has 1 atom stereocenters. The molecule has 1 aromatic carbocycles. The second kappa shape index (κ2) is 8.19. The van der Waals surface area contributed by atoms with E-state index < -0.39 is 0 Å². The van der Waals surface area contributed by atoms with Crippen LogP contribution in [0.1, 0.15) is 25.3 Å². The zero-order chi connectivity index (χ0) is 16.9. The van der Waals surface area contributed by atoms with E-state index >= 15 is 0 Å². The molecule has 2 heterocycles. The van der Waals surface area contributed by atoms with Crippen LogP contribution in [-0.2, 0) is 11.2 Å². The monoisotopic (exact) mass is 333 g/mol. The van der Waals surface area contributed by atoms with Crippen LogP contribution in [0.5, 0.6) is 0 Å². The summed E-state index contributed by atoms with van der Waals surface area (Å²) in [6.45, 7) is 7.65. The molecule has 0 saturated carbocycles. The highest BCUT2D eigenvalue weighted by atomic mass is 19.1. The highest BCUT2D eigenvalue weighted by molar-refractivity contribution is 5.81. The number of carbonyl (C=O) groups is 1. The average Bonchev–Trinajstić information content (AvgIpc) is 2.62. The van der Waals surface area contributed by atoms with E-state index in [1.54, 1.807) is 6.92 Å². The summed E-state index contributed by atoms with van der Waals surface area (Å²) in [5, 5.41) is 3.34. The van der Waals surface area contributed by atoms with Crippen LogP contribution in [0.4, 0.5) is 4.39 Å². The molecule has 0 radical (unpaired) electrons. The fourth-order valence-electron chi connectivity index (χ4n) is 3.95. The van der Waals surface area contributed by atoms with Crippen molar-refractivity contribution < 1.29 is 9.18 Å². The van der Waals surface area contributed by atoms with E-state index in [9.17, 15) is 9.18 Å². The Morgan fingerprint density at radius 3 is 2.58 bits per heavy atom. The molecule has 132 valence electrons. The highest BCUT2D eigenvalue weighted by Crippen LogP contribution is 2.20. The number of Topliss-reactive ketones (excluding diaryl/α,β-unsaturated/α-hetero) is 1. The Hall–Kier alpha value is -1.30. The fourth-order valence-corrected chi connectivity index (χ4v) is 3.95. The Labute approximate surface area is 144 Å². The van der Waals surface area contributed by atoms with Gasteiger partial charge in [0.15, 0.2) is 0 Å². The van der Waals surface area contributed by atoms with Crippen molar-refractivity contribution >= 4 is 5.78 Å². The van der Waals surface area contributed by atoms with E-state index in [2.05, 4.69) is 15.1 Å². The van der Waals surface area contributed by atoms with Gasteiger partial charge in [0.05, 0.1) is 6.04 Å². The van der Waals surface area contributed by atoms with Gasteiger partial charge in [0.1, 0.15) is 11.6 Å². The summed E-state index contributed by atoms with van der Waals surface area (Å²) in [7, 11) is 0. The lowest BCUT2D eigenvalue weighted by atomic mass is 9.98. The molecule has 0 bridgehead atoms. The summed E-state index contributed by atoms with van der Waals surface area (Å²) in [4.78, 5) is 16.8. The summed E-state index contributed by atoms with van der Waals surface area (Å²) in [6.07, 6.45) is 3.23. The van der Waals surface area contributed by atoms with Gasteiger partial charge in [-0.15, -0.1) is 0 Å². The Morgan fingerprint density at radius 1 is 1.21 bits per heavy atom. The lowest BCUT2D eigenvalue weighted by Crippen LogP contribution is -2.59. The number of piperazine rings is 1.